The van der Waals surface area contributed by atoms with Gasteiger partial charge in [0.25, 0.3) is 0 Å². The van der Waals surface area contributed by atoms with Crippen molar-refractivity contribution in [3.63, 3.8) is 0 Å². The van der Waals surface area contributed by atoms with Gasteiger partial charge in [-0.2, -0.15) is 0 Å². The normalized spacial score (nSPS) is 20.7. The summed E-state index contributed by atoms with van der Waals surface area (Å²) in [4.78, 5) is 27.5. The minimum Gasteiger partial charge on any atom is -0.489 e. The molecule has 4 rings (SSSR count). The SMILES string of the molecule is CC(=O)N1CCCC(Oc2ccc(NC(=O)N3C=C4C=CNC=C4C3)cc2)C1. The number of benzene rings is 1. The first-order chi connectivity index (χ1) is 13.6. The predicted octanol–water partition coefficient (Wildman–Crippen LogP) is 2.81. The van der Waals surface area contributed by atoms with E-state index in [1.54, 1.807) is 11.8 Å². The molecule has 28 heavy (non-hydrogen) atoms. The summed E-state index contributed by atoms with van der Waals surface area (Å²) in [6.07, 6.45) is 9.44. The highest BCUT2D eigenvalue weighted by molar-refractivity contribution is 5.91. The van der Waals surface area contributed by atoms with E-state index >= 15 is 0 Å². The van der Waals surface area contributed by atoms with E-state index in [-0.39, 0.29) is 18.0 Å². The molecule has 2 N–H and O–H groups in total. The maximum absolute atomic E-state index is 12.5. The fourth-order valence-electron chi connectivity index (χ4n) is 3.59. The molecule has 146 valence electrons. The average Bonchev–Trinajstić information content (AvgIpc) is 3.14. The third-order valence-electron chi connectivity index (χ3n) is 5.12. The zero-order valence-electron chi connectivity index (χ0n) is 15.9. The van der Waals surface area contributed by atoms with Gasteiger partial charge >= 0.3 is 6.03 Å². The number of hydrogen-bond acceptors (Lipinski definition) is 4. The second-order valence-corrected chi connectivity index (χ2v) is 7.18. The van der Waals surface area contributed by atoms with Crippen LogP contribution in [0, 0.1) is 0 Å². The number of allylic oxidation sites excluding steroid dienone is 1. The molecule has 3 aliphatic heterocycles. The summed E-state index contributed by atoms with van der Waals surface area (Å²) in [7, 11) is 0. The van der Waals surface area contributed by atoms with Crippen LogP contribution in [0.3, 0.4) is 0 Å². The van der Waals surface area contributed by atoms with Crippen LogP contribution in [0.25, 0.3) is 0 Å². The van der Waals surface area contributed by atoms with Gasteiger partial charge in [-0.1, -0.05) is 0 Å². The number of hydrogen-bond donors (Lipinski definition) is 2. The molecule has 0 spiro atoms. The van der Waals surface area contributed by atoms with Gasteiger partial charge < -0.3 is 20.3 Å². The van der Waals surface area contributed by atoms with E-state index in [9.17, 15) is 9.59 Å². The molecule has 0 aromatic heterocycles. The average molecular weight is 380 g/mol. The second-order valence-electron chi connectivity index (χ2n) is 7.18. The van der Waals surface area contributed by atoms with E-state index in [4.69, 9.17) is 4.74 Å². The van der Waals surface area contributed by atoms with Crippen molar-refractivity contribution in [2.24, 2.45) is 0 Å². The van der Waals surface area contributed by atoms with Crippen LogP contribution in [-0.4, -0.2) is 47.5 Å². The van der Waals surface area contributed by atoms with Gasteiger partial charge in [-0.3, -0.25) is 9.69 Å². The summed E-state index contributed by atoms with van der Waals surface area (Å²) in [6.45, 7) is 3.56. The van der Waals surface area contributed by atoms with Crippen LogP contribution in [0.4, 0.5) is 10.5 Å². The summed E-state index contributed by atoms with van der Waals surface area (Å²) in [5.41, 5.74) is 2.85. The number of urea groups is 1. The summed E-state index contributed by atoms with van der Waals surface area (Å²) < 4.78 is 6.01. The van der Waals surface area contributed by atoms with Crippen molar-refractivity contribution in [2.45, 2.75) is 25.9 Å². The van der Waals surface area contributed by atoms with Crippen molar-refractivity contribution in [3.05, 3.63) is 60.1 Å². The van der Waals surface area contributed by atoms with Crippen molar-refractivity contribution >= 4 is 17.6 Å². The largest absolute Gasteiger partial charge is 0.489 e. The number of anilines is 1. The Bertz CT molecular complexity index is 857. The lowest BCUT2D eigenvalue weighted by Crippen LogP contribution is -2.43. The molecule has 1 fully saturated rings. The first kappa shape index (κ1) is 18.2. The monoisotopic (exact) mass is 380 g/mol. The summed E-state index contributed by atoms with van der Waals surface area (Å²) >= 11 is 0. The minimum atomic E-state index is -0.172. The Morgan fingerprint density at radius 3 is 2.82 bits per heavy atom. The Kier molecular flexibility index (Phi) is 5.06. The number of nitrogens with one attached hydrogen (secondary N) is 2. The highest BCUT2D eigenvalue weighted by atomic mass is 16.5. The smallest absolute Gasteiger partial charge is 0.326 e. The Balaban J connectivity index is 1.32. The fourth-order valence-corrected chi connectivity index (χ4v) is 3.59. The Morgan fingerprint density at radius 1 is 1.25 bits per heavy atom. The van der Waals surface area contributed by atoms with Crippen LogP contribution in [0.2, 0.25) is 0 Å². The van der Waals surface area contributed by atoms with Gasteiger partial charge in [0.2, 0.25) is 5.91 Å². The Morgan fingerprint density at radius 2 is 2.07 bits per heavy atom. The zero-order chi connectivity index (χ0) is 19.5. The number of ether oxygens (including phenoxy) is 1. The second kappa shape index (κ2) is 7.80. The number of carbonyl (C=O) groups excluding carboxylic acids is 2. The summed E-state index contributed by atoms with van der Waals surface area (Å²) in [5, 5.41) is 5.95. The number of likely N-dealkylation sites (tertiary alicyclic amines) is 1. The van der Waals surface area contributed by atoms with Crippen LogP contribution >= 0.6 is 0 Å². The van der Waals surface area contributed by atoms with Gasteiger partial charge in [0.05, 0.1) is 13.1 Å². The maximum atomic E-state index is 12.5. The Labute approximate surface area is 164 Å². The van der Waals surface area contributed by atoms with Crippen LogP contribution < -0.4 is 15.4 Å². The number of piperidine rings is 1. The number of carbonyl (C=O) groups is 2. The molecule has 3 heterocycles. The van der Waals surface area contributed by atoms with Crippen molar-refractivity contribution in [1.82, 2.24) is 15.1 Å². The molecule has 3 amide bonds. The molecule has 0 saturated carbocycles. The molecule has 0 aliphatic carbocycles. The first-order valence-corrected chi connectivity index (χ1v) is 9.52. The number of rotatable bonds is 3. The van der Waals surface area contributed by atoms with E-state index in [1.807, 2.05) is 53.8 Å². The van der Waals surface area contributed by atoms with Gasteiger partial charge in [-0.05, 0) is 54.3 Å². The van der Waals surface area contributed by atoms with Crippen molar-refractivity contribution < 1.29 is 14.3 Å². The van der Waals surface area contributed by atoms with Crippen molar-refractivity contribution in [2.75, 3.05) is 25.0 Å². The van der Waals surface area contributed by atoms with Crippen molar-refractivity contribution in [3.8, 4) is 5.75 Å². The summed E-state index contributed by atoms with van der Waals surface area (Å²) in [5.74, 6) is 0.828. The van der Waals surface area contributed by atoms with Gasteiger partial charge in [-0.15, -0.1) is 0 Å². The lowest BCUT2D eigenvalue weighted by Gasteiger charge is -2.32. The van der Waals surface area contributed by atoms with Gasteiger partial charge in [0.1, 0.15) is 11.9 Å². The molecule has 7 nitrogen and oxygen atoms in total. The standard InChI is InChI=1S/C21H24N4O3/c1-15(26)24-10-2-3-20(14-24)28-19-6-4-18(5-7-19)23-21(27)25-12-16-8-9-22-11-17(16)13-25/h4-9,11-12,20,22H,2-3,10,13-14H2,1H3,(H,23,27). The molecule has 1 aromatic rings. The topological polar surface area (TPSA) is 73.9 Å². The Hall–Kier alpha value is -3.22. The zero-order valence-corrected chi connectivity index (χ0v) is 15.9. The van der Waals surface area contributed by atoms with E-state index < -0.39 is 0 Å². The van der Waals surface area contributed by atoms with E-state index in [0.29, 0.717) is 18.8 Å². The van der Waals surface area contributed by atoms with Gasteiger partial charge in [0, 0.05) is 37.8 Å². The maximum Gasteiger partial charge on any atom is 0.326 e. The first-order valence-electron chi connectivity index (χ1n) is 9.52. The van der Waals surface area contributed by atoms with Crippen LogP contribution in [0.5, 0.6) is 5.75 Å². The van der Waals surface area contributed by atoms with E-state index in [2.05, 4.69) is 10.6 Å². The van der Waals surface area contributed by atoms with Crippen molar-refractivity contribution in [1.29, 1.82) is 0 Å². The van der Waals surface area contributed by atoms with E-state index in [1.165, 1.54) is 0 Å². The highest BCUT2D eigenvalue weighted by Gasteiger charge is 2.24. The lowest BCUT2D eigenvalue weighted by atomic mass is 10.1. The minimum absolute atomic E-state index is 0.00704. The molecule has 0 bridgehead atoms. The third-order valence-corrected chi connectivity index (χ3v) is 5.12. The molecular formula is C21H24N4O3. The number of nitrogens with zero attached hydrogens (tertiary/aromatic N) is 2. The predicted molar refractivity (Wildman–Crippen MR) is 107 cm³/mol. The number of dihydropyridines is 1. The third kappa shape index (κ3) is 4.03. The lowest BCUT2D eigenvalue weighted by molar-refractivity contribution is -0.131. The van der Waals surface area contributed by atoms with Crippen LogP contribution in [0.15, 0.2) is 60.1 Å². The summed E-state index contributed by atoms with van der Waals surface area (Å²) in [6, 6.07) is 7.18. The molecule has 0 radical (unpaired) electrons. The fraction of sp³-hybridized carbons (Fsp3) is 0.333. The van der Waals surface area contributed by atoms with Gasteiger partial charge in [0.15, 0.2) is 0 Å². The van der Waals surface area contributed by atoms with E-state index in [0.717, 1.165) is 36.3 Å². The van der Waals surface area contributed by atoms with Gasteiger partial charge in [-0.25, -0.2) is 4.79 Å². The number of fused-ring (bicyclic) bond motifs is 1. The molecule has 1 saturated heterocycles. The van der Waals surface area contributed by atoms with Crippen LogP contribution in [-0.2, 0) is 4.79 Å². The molecule has 7 heteroatoms. The molecule has 1 atom stereocenters. The number of amides is 3. The quantitative estimate of drug-likeness (QED) is 0.846. The molecular weight excluding hydrogens is 356 g/mol. The molecule has 3 aliphatic rings. The molecule has 1 aromatic carbocycles. The van der Waals surface area contributed by atoms with Crippen LogP contribution in [0.1, 0.15) is 19.8 Å². The highest BCUT2D eigenvalue weighted by Crippen LogP contribution is 2.25. The molecule has 1 unspecified atom stereocenters.